The quantitative estimate of drug-likeness (QED) is 0.772. The summed E-state index contributed by atoms with van der Waals surface area (Å²) in [6.07, 6.45) is 5.63. The maximum absolute atomic E-state index is 12.3. The van der Waals surface area contributed by atoms with Crippen LogP contribution in [-0.4, -0.2) is 49.9 Å². The molecule has 0 bridgehead atoms. The van der Waals surface area contributed by atoms with Crippen molar-refractivity contribution in [2.75, 3.05) is 25.4 Å². The molecule has 24 heavy (non-hydrogen) atoms. The molecule has 2 atom stereocenters. The molecular formula is C17H28N2O4S. The fourth-order valence-corrected chi connectivity index (χ4v) is 4.42. The van der Waals surface area contributed by atoms with E-state index in [2.05, 4.69) is 10.2 Å². The van der Waals surface area contributed by atoms with Gasteiger partial charge < -0.3 is 9.73 Å². The second-order valence-electron chi connectivity index (χ2n) is 6.38. The first-order valence-corrected chi connectivity index (χ1v) is 10.4. The summed E-state index contributed by atoms with van der Waals surface area (Å²) < 4.78 is 29.7. The molecule has 2 heterocycles. The molecule has 0 aromatic carbocycles. The van der Waals surface area contributed by atoms with Gasteiger partial charge in [0.25, 0.3) is 0 Å². The fraction of sp³-hybridized carbons (Fsp3) is 0.706. The van der Waals surface area contributed by atoms with E-state index in [-0.39, 0.29) is 11.8 Å². The van der Waals surface area contributed by atoms with Gasteiger partial charge in [-0.2, -0.15) is 0 Å². The van der Waals surface area contributed by atoms with E-state index in [4.69, 9.17) is 4.42 Å². The molecule has 7 heteroatoms. The van der Waals surface area contributed by atoms with Crippen LogP contribution in [0, 0.1) is 0 Å². The third-order valence-corrected chi connectivity index (χ3v) is 6.84. The van der Waals surface area contributed by atoms with Gasteiger partial charge in [-0.05, 0) is 51.4 Å². The monoisotopic (exact) mass is 356 g/mol. The highest BCUT2D eigenvalue weighted by atomic mass is 32.2. The summed E-state index contributed by atoms with van der Waals surface area (Å²) in [4.78, 5) is 14.6. The Bertz CT molecular complexity index is 607. The summed E-state index contributed by atoms with van der Waals surface area (Å²) in [6, 6.07) is 3.69. The van der Waals surface area contributed by atoms with Crippen LogP contribution in [-0.2, 0) is 14.6 Å². The molecule has 1 saturated heterocycles. The highest BCUT2D eigenvalue weighted by Gasteiger charge is 2.29. The van der Waals surface area contributed by atoms with Crippen molar-refractivity contribution in [2.45, 2.75) is 50.8 Å². The highest BCUT2D eigenvalue weighted by Crippen LogP contribution is 2.24. The molecule has 136 valence electrons. The summed E-state index contributed by atoms with van der Waals surface area (Å²) in [5.41, 5.74) is 0. The van der Waals surface area contributed by atoms with Crippen LogP contribution >= 0.6 is 0 Å². The summed E-state index contributed by atoms with van der Waals surface area (Å²) in [7, 11) is -3.39. The van der Waals surface area contributed by atoms with E-state index in [1.807, 2.05) is 12.1 Å². The lowest BCUT2D eigenvalue weighted by molar-refractivity contribution is -0.120. The number of likely N-dealkylation sites (tertiary alicyclic amines) is 1. The molecule has 6 nitrogen and oxygen atoms in total. The van der Waals surface area contributed by atoms with Crippen molar-refractivity contribution in [3.63, 3.8) is 0 Å². The molecule has 2 unspecified atom stereocenters. The van der Waals surface area contributed by atoms with Crippen molar-refractivity contribution in [1.82, 2.24) is 10.2 Å². The number of sulfone groups is 1. The van der Waals surface area contributed by atoms with Gasteiger partial charge in [0.1, 0.15) is 11.0 Å². The van der Waals surface area contributed by atoms with Crippen LogP contribution in [0.4, 0.5) is 0 Å². The summed E-state index contributed by atoms with van der Waals surface area (Å²) in [6.45, 7) is 5.54. The second-order valence-corrected chi connectivity index (χ2v) is 8.82. The Hall–Kier alpha value is -1.34. The smallest absolute Gasteiger partial charge is 0.238 e. The van der Waals surface area contributed by atoms with E-state index in [1.165, 1.54) is 13.3 Å². The first-order chi connectivity index (χ1) is 11.5. The van der Waals surface area contributed by atoms with Gasteiger partial charge in [0.05, 0.1) is 18.1 Å². The Labute approximate surface area is 144 Å². The molecule has 1 aromatic heterocycles. The van der Waals surface area contributed by atoms with E-state index >= 15 is 0 Å². The van der Waals surface area contributed by atoms with Gasteiger partial charge in [0.2, 0.25) is 5.91 Å². The van der Waals surface area contributed by atoms with Crippen molar-refractivity contribution >= 4 is 15.7 Å². The average molecular weight is 356 g/mol. The lowest BCUT2D eigenvalue weighted by Crippen LogP contribution is -2.44. The third-order valence-electron chi connectivity index (χ3n) is 4.57. The van der Waals surface area contributed by atoms with E-state index in [9.17, 15) is 13.2 Å². The lowest BCUT2D eigenvalue weighted by atomic mass is 10.1. The zero-order chi connectivity index (χ0) is 17.6. The summed E-state index contributed by atoms with van der Waals surface area (Å²) in [5.74, 6) is 0.410. The topological polar surface area (TPSA) is 79.6 Å². The minimum atomic E-state index is -3.39. The van der Waals surface area contributed by atoms with Gasteiger partial charge in [-0.3, -0.25) is 9.69 Å². The Morgan fingerprint density at radius 2 is 2.04 bits per heavy atom. The Morgan fingerprint density at radius 3 is 2.62 bits per heavy atom. The lowest BCUT2D eigenvalue weighted by Gasteiger charge is -2.33. The molecular weight excluding hydrogens is 328 g/mol. The van der Waals surface area contributed by atoms with Gasteiger partial charge in [-0.1, -0.05) is 13.3 Å². The van der Waals surface area contributed by atoms with Gasteiger partial charge >= 0.3 is 0 Å². The SMILES string of the molecule is CCCS(=O)(=O)C(C)C(=O)NCC(c1ccco1)N1CCCCC1. The van der Waals surface area contributed by atoms with Crippen LogP contribution < -0.4 is 5.32 Å². The maximum atomic E-state index is 12.3. The van der Waals surface area contributed by atoms with Gasteiger partial charge in [-0.25, -0.2) is 8.42 Å². The van der Waals surface area contributed by atoms with E-state index in [0.29, 0.717) is 13.0 Å². The largest absolute Gasteiger partial charge is 0.468 e. The number of carbonyl (C=O) groups is 1. The van der Waals surface area contributed by atoms with Crippen molar-refractivity contribution in [3.8, 4) is 0 Å². The van der Waals surface area contributed by atoms with Gasteiger partial charge in [0, 0.05) is 6.54 Å². The number of nitrogens with one attached hydrogen (secondary N) is 1. The molecule has 1 aliphatic rings. The molecule has 1 fully saturated rings. The van der Waals surface area contributed by atoms with Crippen LogP contribution in [0.25, 0.3) is 0 Å². The Morgan fingerprint density at radius 1 is 1.33 bits per heavy atom. The normalized spacial score (nSPS) is 18.9. The van der Waals surface area contributed by atoms with Crippen molar-refractivity contribution < 1.29 is 17.6 Å². The predicted molar refractivity (Wildman–Crippen MR) is 93.4 cm³/mol. The molecule has 1 aromatic rings. The van der Waals surface area contributed by atoms with Crippen molar-refractivity contribution in [1.29, 1.82) is 0 Å². The molecule has 0 saturated carbocycles. The standard InChI is InChI=1S/C17H28N2O4S/c1-3-12-24(21,22)14(2)17(20)18-13-15(16-8-7-11-23-16)19-9-5-4-6-10-19/h7-8,11,14-15H,3-6,9-10,12-13H2,1-2H3,(H,18,20). The van der Waals surface area contributed by atoms with Crippen LogP contribution in [0.1, 0.15) is 51.3 Å². The number of amides is 1. The van der Waals surface area contributed by atoms with Crippen molar-refractivity contribution in [3.05, 3.63) is 24.2 Å². The molecule has 1 amide bonds. The second kappa shape index (κ2) is 8.67. The third kappa shape index (κ3) is 4.83. The minimum Gasteiger partial charge on any atom is -0.468 e. The maximum Gasteiger partial charge on any atom is 0.238 e. The zero-order valence-electron chi connectivity index (χ0n) is 14.5. The minimum absolute atomic E-state index is 0.0370. The Balaban J connectivity index is 2.01. The van der Waals surface area contributed by atoms with Crippen LogP contribution in [0.2, 0.25) is 0 Å². The zero-order valence-corrected chi connectivity index (χ0v) is 15.3. The number of hydrogen-bond acceptors (Lipinski definition) is 5. The summed E-state index contributed by atoms with van der Waals surface area (Å²) in [5, 5.41) is 1.80. The molecule has 0 spiro atoms. The van der Waals surface area contributed by atoms with Crippen LogP contribution in [0.5, 0.6) is 0 Å². The molecule has 1 N–H and O–H groups in total. The number of piperidine rings is 1. The van der Waals surface area contributed by atoms with Crippen LogP contribution in [0.3, 0.4) is 0 Å². The molecule has 2 rings (SSSR count). The van der Waals surface area contributed by atoms with Gasteiger partial charge in [0.15, 0.2) is 9.84 Å². The Kier molecular flexibility index (Phi) is 6.86. The van der Waals surface area contributed by atoms with Gasteiger partial charge in [-0.15, -0.1) is 0 Å². The number of rotatable bonds is 8. The van der Waals surface area contributed by atoms with Crippen molar-refractivity contribution in [2.24, 2.45) is 0 Å². The van der Waals surface area contributed by atoms with Crippen LogP contribution in [0.15, 0.2) is 22.8 Å². The van der Waals surface area contributed by atoms with E-state index in [1.54, 1.807) is 13.2 Å². The van der Waals surface area contributed by atoms with E-state index in [0.717, 1.165) is 31.7 Å². The molecule has 1 aliphatic heterocycles. The first kappa shape index (κ1) is 19.0. The molecule has 0 radical (unpaired) electrons. The number of carbonyl (C=O) groups excluding carboxylic acids is 1. The molecule has 0 aliphatic carbocycles. The number of nitrogens with zero attached hydrogens (tertiary/aromatic N) is 1. The number of furan rings is 1. The summed E-state index contributed by atoms with van der Waals surface area (Å²) >= 11 is 0. The number of hydrogen-bond donors (Lipinski definition) is 1. The fourth-order valence-electron chi connectivity index (χ4n) is 3.09. The highest BCUT2D eigenvalue weighted by molar-refractivity contribution is 7.92. The average Bonchev–Trinajstić information content (AvgIpc) is 3.09. The predicted octanol–water partition coefficient (Wildman–Crippen LogP) is 2.14. The first-order valence-electron chi connectivity index (χ1n) is 8.72. The van der Waals surface area contributed by atoms with E-state index < -0.39 is 21.0 Å².